The van der Waals surface area contributed by atoms with Crippen molar-refractivity contribution in [3.05, 3.63) is 22.4 Å². The monoisotopic (exact) mass is 421 g/mol. The predicted molar refractivity (Wildman–Crippen MR) is 112 cm³/mol. The van der Waals surface area contributed by atoms with Crippen molar-refractivity contribution in [3.8, 4) is 0 Å². The average Bonchev–Trinajstić information content (AvgIpc) is 3.19. The van der Waals surface area contributed by atoms with E-state index in [-0.39, 0.29) is 29.8 Å². The highest BCUT2D eigenvalue weighted by Gasteiger charge is 2.55. The van der Waals surface area contributed by atoms with Crippen LogP contribution in [0.4, 0.5) is 0 Å². The second-order valence-electron chi connectivity index (χ2n) is 8.29. The normalized spacial score (nSPS) is 24.6. The molecule has 3 rings (SSSR count). The van der Waals surface area contributed by atoms with Crippen molar-refractivity contribution in [1.82, 2.24) is 15.1 Å². The standard InChI is InChI=1S/C21H31N3O4S/c1-15(2)22-20(27)21-7-4-18(25)24(9-10-28-3)17(21)5-8-23(14-21)19(26)12-16-6-11-29-13-16/h6,11,13,15,17H,4-5,7-10,12,14H2,1-3H3,(H,22,27)/t17-,21+/m1/s1. The Bertz CT molecular complexity index is 736. The number of carbonyl (C=O) groups is 3. The number of fused-ring (bicyclic) bond motifs is 1. The van der Waals surface area contributed by atoms with Gasteiger partial charge in [-0.2, -0.15) is 11.3 Å². The van der Waals surface area contributed by atoms with Crippen molar-refractivity contribution < 1.29 is 19.1 Å². The zero-order valence-corrected chi connectivity index (χ0v) is 18.3. The van der Waals surface area contributed by atoms with Crippen molar-refractivity contribution >= 4 is 29.1 Å². The lowest BCUT2D eigenvalue weighted by Gasteiger charge is -2.54. The van der Waals surface area contributed by atoms with E-state index in [4.69, 9.17) is 4.74 Å². The zero-order chi connectivity index (χ0) is 21.0. The number of nitrogens with one attached hydrogen (secondary N) is 1. The summed E-state index contributed by atoms with van der Waals surface area (Å²) < 4.78 is 5.19. The van der Waals surface area contributed by atoms with Crippen LogP contribution in [-0.2, 0) is 25.5 Å². The molecule has 7 nitrogen and oxygen atoms in total. The Hall–Kier alpha value is -1.93. The van der Waals surface area contributed by atoms with Gasteiger partial charge in [0.2, 0.25) is 17.7 Å². The summed E-state index contributed by atoms with van der Waals surface area (Å²) >= 11 is 1.57. The molecule has 160 valence electrons. The number of ether oxygens (including phenoxy) is 1. The third kappa shape index (κ3) is 4.64. The third-order valence-corrected chi connectivity index (χ3v) is 6.69. The first kappa shape index (κ1) is 21.8. The fourth-order valence-electron chi connectivity index (χ4n) is 4.53. The van der Waals surface area contributed by atoms with Crippen molar-refractivity contribution in [1.29, 1.82) is 0 Å². The number of likely N-dealkylation sites (tertiary alicyclic amines) is 2. The number of thiophene rings is 1. The summed E-state index contributed by atoms with van der Waals surface area (Å²) in [6, 6.07) is 1.75. The fourth-order valence-corrected chi connectivity index (χ4v) is 5.20. The molecular formula is C21H31N3O4S. The summed E-state index contributed by atoms with van der Waals surface area (Å²) in [6.45, 7) is 5.69. The fraction of sp³-hybridized carbons (Fsp3) is 0.667. The summed E-state index contributed by atoms with van der Waals surface area (Å²) in [4.78, 5) is 42.6. The number of hydrogen-bond donors (Lipinski definition) is 1. The Morgan fingerprint density at radius 3 is 2.86 bits per heavy atom. The third-order valence-electron chi connectivity index (χ3n) is 5.96. The molecule has 8 heteroatoms. The number of carbonyl (C=O) groups excluding carboxylic acids is 3. The summed E-state index contributed by atoms with van der Waals surface area (Å²) in [5.41, 5.74) is 0.234. The first-order chi connectivity index (χ1) is 13.9. The summed E-state index contributed by atoms with van der Waals surface area (Å²) in [5.74, 6) is 0.0532. The van der Waals surface area contributed by atoms with E-state index in [2.05, 4.69) is 5.32 Å². The predicted octanol–water partition coefficient (Wildman–Crippen LogP) is 1.67. The second kappa shape index (κ2) is 9.26. The number of amides is 3. The Morgan fingerprint density at radius 1 is 1.41 bits per heavy atom. The Balaban J connectivity index is 1.85. The van der Waals surface area contributed by atoms with E-state index in [9.17, 15) is 14.4 Å². The van der Waals surface area contributed by atoms with Gasteiger partial charge in [0.1, 0.15) is 0 Å². The SMILES string of the molecule is COCCN1C(=O)CC[C@]2(C(=O)NC(C)C)CN(C(=O)Cc3ccsc3)CC[C@@H]12. The highest BCUT2D eigenvalue weighted by atomic mass is 32.1. The Kier molecular flexibility index (Phi) is 6.95. The molecule has 3 amide bonds. The van der Waals surface area contributed by atoms with Gasteiger partial charge in [-0.25, -0.2) is 0 Å². The van der Waals surface area contributed by atoms with Gasteiger partial charge in [0.15, 0.2) is 0 Å². The largest absolute Gasteiger partial charge is 0.383 e. The Morgan fingerprint density at radius 2 is 2.21 bits per heavy atom. The topological polar surface area (TPSA) is 79.0 Å². The van der Waals surface area contributed by atoms with Crippen molar-refractivity contribution in [2.75, 3.05) is 33.4 Å². The van der Waals surface area contributed by atoms with Crippen molar-refractivity contribution in [2.45, 2.75) is 51.6 Å². The van der Waals surface area contributed by atoms with Gasteiger partial charge in [-0.1, -0.05) is 0 Å². The maximum Gasteiger partial charge on any atom is 0.230 e. The first-order valence-electron chi connectivity index (χ1n) is 10.3. The second-order valence-corrected chi connectivity index (χ2v) is 9.07. The van der Waals surface area contributed by atoms with Crippen LogP contribution in [0.25, 0.3) is 0 Å². The molecule has 0 aromatic carbocycles. The molecule has 1 aromatic rings. The summed E-state index contributed by atoms with van der Waals surface area (Å²) in [5, 5.41) is 7.00. The van der Waals surface area contributed by atoms with Gasteiger partial charge < -0.3 is 19.9 Å². The number of rotatable bonds is 7. The van der Waals surface area contributed by atoms with Crippen LogP contribution in [0.15, 0.2) is 16.8 Å². The zero-order valence-electron chi connectivity index (χ0n) is 17.5. The lowest BCUT2D eigenvalue weighted by molar-refractivity contribution is -0.161. The van der Waals surface area contributed by atoms with E-state index >= 15 is 0 Å². The van der Waals surface area contributed by atoms with Crippen LogP contribution in [0, 0.1) is 5.41 Å². The minimum Gasteiger partial charge on any atom is -0.383 e. The van der Waals surface area contributed by atoms with Gasteiger partial charge in [0.05, 0.1) is 18.4 Å². The van der Waals surface area contributed by atoms with Crippen LogP contribution in [0.5, 0.6) is 0 Å². The van der Waals surface area contributed by atoms with Crippen molar-refractivity contribution in [3.63, 3.8) is 0 Å². The molecule has 2 saturated heterocycles. The van der Waals surface area contributed by atoms with Crippen LogP contribution in [0.2, 0.25) is 0 Å². The molecule has 0 bridgehead atoms. The molecule has 2 atom stereocenters. The van der Waals surface area contributed by atoms with Gasteiger partial charge in [0, 0.05) is 45.2 Å². The van der Waals surface area contributed by atoms with Crippen LogP contribution >= 0.6 is 11.3 Å². The maximum atomic E-state index is 13.4. The van der Waals surface area contributed by atoms with Gasteiger partial charge in [-0.05, 0) is 49.1 Å². The lowest BCUT2D eigenvalue weighted by Crippen LogP contribution is -2.68. The quantitative estimate of drug-likeness (QED) is 0.726. The van der Waals surface area contributed by atoms with E-state index in [0.29, 0.717) is 51.9 Å². The highest BCUT2D eigenvalue weighted by molar-refractivity contribution is 7.08. The molecule has 0 unspecified atom stereocenters. The number of piperidine rings is 2. The van der Waals surface area contributed by atoms with Gasteiger partial charge in [0.25, 0.3) is 0 Å². The molecule has 0 saturated carbocycles. The molecular weight excluding hydrogens is 390 g/mol. The molecule has 2 aliphatic rings. The molecule has 2 fully saturated rings. The van der Waals surface area contributed by atoms with Gasteiger partial charge in [-0.3, -0.25) is 14.4 Å². The lowest BCUT2D eigenvalue weighted by atomic mass is 9.68. The van der Waals surface area contributed by atoms with E-state index in [1.165, 1.54) is 0 Å². The molecule has 0 aliphatic carbocycles. The molecule has 0 spiro atoms. The smallest absolute Gasteiger partial charge is 0.230 e. The highest BCUT2D eigenvalue weighted by Crippen LogP contribution is 2.42. The number of hydrogen-bond acceptors (Lipinski definition) is 5. The maximum absolute atomic E-state index is 13.4. The molecule has 1 aromatic heterocycles. The molecule has 29 heavy (non-hydrogen) atoms. The summed E-state index contributed by atoms with van der Waals surface area (Å²) in [7, 11) is 1.61. The Labute approximate surface area is 176 Å². The summed E-state index contributed by atoms with van der Waals surface area (Å²) in [6.07, 6.45) is 1.75. The molecule has 3 heterocycles. The minimum atomic E-state index is -0.769. The van der Waals surface area contributed by atoms with E-state index < -0.39 is 5.41 Å². The van der Waals surface area contributed by atoms with Crippen LogP contribution in [0.3, 0.4) is 0 Å². The van der Waals surface area contributed by atoms with Gasteiger partial charge >= 0.3 is 0 Å². The van der Waals surface area contributed by atoms with Crippen LogP contribution in [0.1, 0.15) is 38.7 Å². The van der Waals surface area contributed by atoms with Crippen LogP contribution < -0.4 is 5.32 Å². The molecule has 0 radical (unpaired) electrons. The minimum absolute atomic E-state index is 0.000498. The van der Waals surface area contributed by atoms with E-state index in [1.807, 2.05) is 40.5 Å². The van der Waals surface area contributed by atoms with Crippen LogP contribution in [-0.4, -0.2) is 73.0 Å². The average molecular weight is 422 g/mol. The van der Waals surface area contributed by atoms with Gasteiger partial charge in [-0.15, -0.1) is 0 Å². The molecule has 1 N–H and O–H groups in total. The first-order valence-corrected chi connectivity index (χ1v) is 11.2. The van der Waals surface area contributed by atoms with Crippen molar-refractivity contribution in [2.24, 2.45) is 5.41 Å². The molecule has 2 aliphatic heterocycles. The number of nitrogens with zero attached hydrogens (tertiary/aromatic N) is 2. The van der Waals surface area contributed by atoms with E-state index in [0.717, 1.165) is 5.56 Å². The number of methoxy groups -OCH3 is 1. The van der Waals surface area contributed by atoms with E-state index in [1.54, 1.807) is 18.4 Å².